The molecule has 25 heavy (non-hydrogen) atoms. The maximum absolute atomic E-state index is 9.59. The van der Waals surface area contributed by atoms with Gasteiger partial charge in [0, 0.05) is 0 Å². The summed E-state index contributed by atoms with van der Waals surface area (Å²) in [6.07, 6.45) is 1.80. The summed E-state index contributed by atoms with van der Waals surface area (Å²) in [5.41, 5.74) is 2.09. The number of aryl methyl sites for hydroxylation is 2. The Kier molecular flexibility index (Phi) is 6.90. The van der Waals surface area contributed by atoms with Crippen LogP contribution in [-0.2, 0) is 12.8 Å². The van der Waals surface area contributed by atoms with Gasteiger partial charge < -0.3 is 14.9 Å². The Morgan fingerprint density at radius 2 is 1.16 bits per heavy atom. The second-order valence-corrected chi connectivity index (χ2v) is 5.54. The van der Waals surface area contributed by atoms with Gasteiger partial charge in [-0.25, -0.2) is 0 Å². The summed E-state index contributed by atoms with van der Waals surface area (Å²) in [5, 5.41) is 18.7. The number of phenols is 2. The second-order valence-electron chi connectivity index (χ2n) is 5.54. The van der Waals surface area contributed by atoms with Gasteiger partial charge in [-0.3, -0.25) is 0 Å². The highest BCUT2D eigenvalue weighted by molar-refractivity contribution is 5.40. The highest BCUT2D eigenvalue weighted by Crippen LogP contribution is 2.23. The van der Waals surface area contributed by atoms with Crippen LogP contribution in [0.2, 0.25) is 0 Å². The van der Waals surface area contributed by atoms with Crippen molar-refractivity contribution in [2.45, 2.75) is 26.7 Å². The first kappa shape index (κ1) is 18.4. The molecule has 2 N–H and O–H groups in total. The number of phenolic OH excluding ortho intramolecular Hbond substituents is 2. The van der Waals surface area contributed by atoms with Crippen molar-refractivity contribution in [3.8, 4) is 23.0 Å². The van der Waals surface area contributed by atoms with Crippen LogP contribution in [0.4, 0.5) is 0 Å². The molecule has 3 nitrogen and oxygen atoms in total. The maximum Gasteiger partial charge on any atom is 0.127 e. The molecule has 0 unspecified atom stereocenters. The summed E-state index contributed by atoms with van der Waals surface area (Å²) in [6.45, 7) is 4.10. The fraction of sp³-hybridized carbons (Fsp3) is 0.182. The van der Waals surface area contributed by atoms with Crippen LogP contribution in [0.25, 0.3) is 0 Å². The molecule has 0 aromatic heterocycles. The van der Waals surface area contributed by atoms with Crippen LogP contribution in [0.15, 0.2) is 72.8 Å². The number of hydrogen-bond acceptors (Lipinski definition) is 3. The summed E-state index contributed by atoms with van der Waals surface area (Å²) in [5.74, 6) is 2.23. The standard InChI is InChI=1S/C12H10O2.C10H14O/c13-10-6-8-12(9-7-10)14-11-4-2-1-3-5-11;1-3-8-6-5-7-9(4-2)10(8)11/h1-9,13H;5-7,11H,3-4H2,1-2H3. The van der Waals surface area contributed by atoms with Crippen molar-refractivity contribution in [3.63, 3.8) is 0 Å². The third-order valence-electron chi connectivity index (χ3n) is 3.78. The molecule has 0 radical (unpaired) electrons. The normalized spacial score (nSPS) is 9.84. The van der Waals surface area contributed by atoms with Gasteiger partial charge in [0.25, 0.3) is 0 Å². The molecule has 0 heterocycles. The molecule has 0 aliphatic carbocycles. The summed E-state index contributed by atoms with van der Waals surface area (Å²) in [7, 11) is 0. The van der Waals surface area contributed by atoms with Gasteiger partial charge in [-0.15, -0.1) is 0 Å². The van der Waals surface area contributed by atoms with Gasteiger partial charge in [-0.05, 0) is 60.4 Å². The van der Waals surface area contributed by atoms with E-state index in [1.54, 1.807) is 24.3 Å². The largest absolute Gasteiger partial charge is 0.508 e. The molecule has 0 fully saturated rings. The van der Waals surface area contributed by atoms with Gasteiger partial charge >= 0.3 is 0 Å². The van der Waals surface area contributed by atoms with E-state index in [2.05, 4.69) is 13.8 Å². The van der Waals surface area contributed by atoms with Gasteiger partial charge in [0.05, 0.1) is 0 Å². The van der Waals surface area contributed by atoms with E-state index in [4.69, 9.17) is 9.84 Å². The van der Waals surface area contributed by atoms with Gasteiger partial charge in [0.15, 0.2) is 0 Å². The highest BCUT2D eigenvalue weighted by Gasteiger charge is 2.01. The quantitative estimate of drug-likeness (QED) is 0.642. The average Bonchev–Trinajstić information content (AvgIpc) is 2.65. The van der Waals surface area contributed by atoms with Crippen LogP contribution in [0.3, 0.4) is 0 Å². The zero-order valence-corrected chi connectivity index (χ0v) is 14.6. The van der Waals surface area contributed by atoms with Crippen molar-refractivity contribution < 1.29 is 14.9 Å². The molecule has 3 aromatic rings. The van der Waals surface area contributed by atoms with Crippen molar-refractivity contribution in [3.05, 3.63) is 83.9 Å². The fourth-order valence-corrected chi connectivity index (χ4v) is 2.35. The van der Waals surface area contributed by atoms with Crippen LogP contribution in [0.5, 0.6) is 23.0 Å². The van der Waals surface area contributed by atoms with Crippen LogP contribution in [0, 0.1) is 0 Å². The monoisotopic (exact) mass is 336 g/mol. The molecule has 3 heteroatoms. The number of ether oxygens (including phenoxy) is 1. The molecule has 0 spiro atoms. The summed E-state index contributed by atoms with van der Waals surface area (Å²) in [4.78, 5) is 0. The first-order valence-electron chi connectivity index (χ1n) is 8.45. The maximum atomic E-state index is 9.59. The minimum Gasteiger partial charge on any atom is -0.508 e. The van der Waals surface area contributed by atoms with E-state index in [0.29, 0.717) is 11.5 Å². The highest BCUT2D eigenvalue weighted by atomic mass is 16.5. The van der Waals surface area contributed by atoms with E-state index in [-0.39, 0.29) is 5.75 Å². The minimum absolute atomic E-state index is 0.241. The third kappa shape index (κ3) is 5.57. The lowest BCUT2D eigenvalue weighted by Gasteiger charge is -2.05. The van der Waals surface area contributed by atoms with E-state index >= 15 is 0 Å². The van der Waals surface area contributed by atoms with Crippen molar-refractivity contribution >= 4 is 0 Å². The summed E-state index contributed by atoms with van der Waals surface area (Å²) < 4.78 is 5.52. The van der Waals surface area contributed by atoms with Crippen molar-refractivity contribution in [2.24, 2.45) is 0 Å². The zero-order valence-electron chi connectivity index (χ0n) is 14.6. The fourth-order valence-electron chi connectivity index (χ4n) is 2.35. The first-order chi connectivity index (χ1) is 12.1. The molecule has 0 aliphatic rings. The summed E-state index contributed by atoms with van der Waals surface area (Å²) >= 11 is 0. The van der Waals surface area contributed by atoms with Crippen molar-refractivity contribution in [1.29, 1.82) is 0 Å². The van der Waals surface area contributed by atoms with Gasteiger partial charge in [0.1, 0.15) is 23.0 Å². The first-order valence-corrected chi connectivity index (χ1v) is 8.45. The number of rotatable bonds is 4. The van der Waals surface area contributed by atoms with E-state index in [1.165, 1.54) is 0 Å². The predicted molar refractivity (Wildman–Crippen MR) is 101 cm³/mol. The molecule has 0 saturated heterocycles. The number of para-hydroxylation sites is 2. The van der Waals surface area contributed by atoms with Gasteiger partial charge in [-0.2, -0.15) is 0 Å². The predicted octanol–water partition coefficient (Wildman–Crippen LogP) is 5.70. The Morgan fingerprint density at radius 3 is 1.68 bits per heavy atom. The van der Waals surface area contributed by atoms with Crippen molar-refractivity contribution in [2.75, 3.05) is 0 Å². The zero-order chi connectivity index (χ0) is 18.1. The molecule has 0 atom stereocenters. The third-order valence-corrected chi connectivity index (χ3v) is 3.78. The topological polar surface area (TPSA) is 49.7 Å². The number of aromatic hydroxyl groups is 2. The van der Waals surface area contributed by atoms with E-state index in [9.17, 15) is 5.11 Å². The molecule has 3 aromatic carbocycles. The molecule has 0 saturated carbocycles. The molecule has 0 bridgehead atoms. The van der Waals surface area contributed by atoms with Gasteiger partial charge in [-0.1, -0.05) is 50.2 Å². The van der Waals surface area contributed by atoms with E-state index in [0.717, 1.165) is 29.7 Å². The number of hydrogen-bond donors (Lipinski definition) is 2. The number of benzene rings is 3. The molecule has 0 amide bonds. The molecular weight excluding hydrogens is 312 g/mol. The van der Waals surface area contributed by atoms with E-state index < -0.39 is 0 Å². The SMILES string of the molecule is CCc1cccc(CC)c1O.Oc1ccc(Oc2ccccc2)cc1. The smallest absolute Gasteiger partial charge is 0.127 e. The Labute approximate surface area is 149 Å². The average molecular weight is 336 g/mol. The van der Waals surface area contributed by atoms with Gasteiger partial charge in [0.2, 0.25) is 0 Å². The lowest BCUT2D eigenvalue weighted by Crippen LogP contribution is -1.86. The Balaban J connectivity index is 0.000000186. The Morgan fingerprint density at radius 1 is 0.640 bits per heavy atom. The second kappa shape index (κ2) is 9.38. The van der Waals surface area contributed by atoms with Crippen molar-refractivity contribution in [1.82, 2.24) is 0 Å². The minimum atomic E-state index is 0.241. The Bertz CT molecular complexity index is 743. The molecular formula is C22H24O3. The lowest BCUT2D eigenvalue weighted by molar-refractivity contribution is 0.462. The van der Waals surface area contributed by atoms with Crippen LogP contribution in [0.1, 0.15) is 25.0 Å². The van der Waals surface area contributed by atoms with Crippen LogP contribution in [-0.4, -0.2) is 10.2 Å². The molecule has 3 rings (SSSR count). The summed E-state index contributed by atoms with van der Waals surface area (Å²) in [6, 6.07) is 22.1. The Hall–Kier alpha value is -2.94. The lowest BCUT2D eigenvalue weighted by atomic mass is 10.1. The van der Waals surface area contributed by atoms with Crippen LogP contribution >= 0.6 is 0 Å². The van der Waals surface area contributed by atoms with Crippen LogP contribution < -0.4 is 4.74 Å². The molecule has 130 valence electrons. The van der Waals surface area contributed by atoms with E-state index in [1.807, 2.05) is 48.5 Å². The molecule has 0 aliphatic heterocycles.